The molecule has 18 heavy (non-hydrogen) atoms. The Labute approximate surface area is 111 Å². The third kappa shape index (κ3) is 3.60. The van der Waals surface area contributed by atoms with Crippen LogP contribution in [-0.2, 0) is 6.54 Å². The van der Waals surface area contributed by atoms with Crippen LogP contribution in [0.3, 0.4) is 0 Å². The predicted octanol–water partition coefficient (Wildman–Crippen LogP) is 3.37. The van der Waals surface area contributed by atoms with Crippen LogP contribution in [0.25, 0.3) is 0 Å². The molecule has 0 bridgehead atoms. The van der Waals surface area contributed by atoms with Gasteiger partial charge >= 0.3 is 0 Å². The summed E-state index contributed by atoms with van der Waals surface area (Å²) in [4.78, 5) is 9.23. The first-order valence-corrected chi connectivity index (χ1v) is 6.69. The van der Waals surface area contributed by atoms with Crippen molar-refractivity contribution in [2.75, 3.05) is 11.1 Å². The van der Waals surface area contributed by atoms with Crippen LogP contribution in [0.1, 0.15) is 5.56 Å². The van der Waals surface area contributed by atoms with E-state index in [1.54, 1.807) is 11.8 Å². The van der Waals surface area contributed by atoms with Crippen LogP contribution in [0.2, 0.25) is 0 Å². The van der Waals surface area contributed by atoms with E-state index in [1.165, 1.54) is 11.2 Å². The summed E-state index contributed by atoms with van der Waals surface area (Å²) in [5.74, 6) is 0.910. The summed E-state index contributed by atoms with van der Waals surface area (Å²) in [6, 6.07) is 8.26. The van der Waals surface area contributed by atoms with Gasteiger partial charge in [-0.25, -0.2) is 9.97 Å². The lowest BCUT2D eigenvalue weighted by Crippen LogP contribution is -2.01. The Morgan fingerprint density at radius 1 is 1.22 bits per heavy atom. The topological polar surface area (TPSA) is 37.8 Å². The van der Waals surface area contributed by atoms with Crippen LogP contribution in [-0.4, -0.2) is 15.7 Å². The van der Waals surface area contributed by atoms with E-state index in [9.17, 15) is 0 Å². The summed E-state index contributed by atoms with van der Waals surface area (Å²) in [6.45, 7) is 4.47. The minimum Gasteiger partial charge on any atom is -0.380 e. The predicted molar refractivity (Wildman–Crippen MR) is 76.7 cm³/mol. The number of nitrogens with one attached hydrogen (secondary N) is 1. The van der Waals surface area contributed by atoms with Crippen LogP contribution in [0.4, 0.5) is 5.69 Å². The smallest absolute Gasteiger partial charge is 0.115 e. The lowest BCUT2D eigenvalue weighted by atomic mass is 10.3. The normalized spacial score (nSPS) is 10.0. The molecule has 0 aliphatic carbocycles. The quantitative estimate of drug-likeness (QED) is 0.636. The molecule has 1 aromatic carbocycles. The van der Waals surface area contributed by atoms with Crippen LogP contribution in [0.5, 0.6) is 0 Å². The van der Waals surface area contributed by atoms with Gasteiger partial charge in [0.25, 0.3) is 0 Å². The van der Waals surface area contributed by atoms with Gasteiger partial charge in [-0.3, -0.25) is 0 Å². The monoisotopic (exact) mass is 257 g/mol. The summed E-state index contributed by atoms with van der Waals surface area (Å²) in [7, 11) is 0. The van der Waals surface area contributed by atoms with Crippen molar-refractivity contribution in [2.45, 2.75) is 11.4 Å². The maximum atomic E-state index is 4.00. The Hall–Kier alpha value is -1.81. The van der Waals surface area contributed by atoms with Gasteiger partial charge < -0.3 is 5.32 Å². The van der Waals surface area contributed by atoms with Crippen molar-refractivity contribution in [1.82, 2.24) is 9.97 Å². The molecule has 2 aromatic rings. The molecule has 4 heteroatoms. The molecule has 2 rings (SSSR count). The maximum absolute atomic E-state index is 4.00. The fourth-order valence-electron chi connectivity index (χ4n) is 1.51. The lowest BCUT2D eigenvalue weighted by molar-refractivity contribution is 1.05. The molecule has 0 aliphatic heterocycles. The molecule has 0 amide bonds. The number of nitrogens with zero attached hydrogens (tertiary/aromatic N) is 2. The highest BCUT2D eigenvalue weighted by molar-refractivity contribution is 7.99. The first-order chi connectivity index (χ1) is 8.90. The lowest BCUT2D eigenvalue weighted by Gasteiger charge is -2.10. The largest absolute Gasteiger partial charge is 0.380 e. The minimum absolute atomic E-state index is 0.729. The molecule has 0 aliphatic rings. The van der Waals surface area contributed by atoms with Crippen molar-refractivity contribution in [3.8, 4) is 0 Å². The fraction of sp³-hybridized carbons (Fsp3) is 0.143. The number of hydrogen-bond acceptors (Lipinski definition) is 4. The molecular formula is C14H15N3S. The van der Waals surface area contributed by atoms with Gasteiger partial charge in [-0.1, -0.05) is 18.2 Å². The first-order valence-electron chi connectivity index (χ1n) is 5.70. The van der Waals surface area contributed by atoms with Gasteiger partial charge in [-0.05, 0) is 12.1 Å². The Balaban J connectivity index is 2.02. The zero-order chi connectivity index (χ0) is 12.6. The van der Waals surface area contributed by atoms with Gasteiger partial charge in [0.1, 0.15) is 6.33 Å². The molecule has 0 unspecified atom stereocenters. The third-order valence-corrected chi connectivity index (χ3v) is 3.41. The minimum atomic E-state index is 0.729. The SMILES string of the molecule is C=CCSc1ccccc1NCc1cncnc1. The van der Waals surface area contributed by atoms with E-state index in [4.69, 9.17) is 0 Å². The average Bonchev–Trinajstić information content (AvgIpc) is 2.45. The zero-order valence-electron chi connectivity index (χ0n) is 10.0. The number of benzene rings is 1. The van der Waals surface area contributed by atoms with Crippen LogP contribution < -0.4 is 5.32 Å². The third-order valence-electron chi connectivity index (χ3n) is 2.34. The number of anilines is 1. The van der Waals surface area contributed by atoms with Gasteiger partial charge in [0.05, 0.1) is 0 Å². The van der Waals surface area contributed by atoms with Gasteiger partial charge in [-0.15, -0.1) is 18.3 Å². The molecule has 3 nitrogen and oxygen atoms in total. The van der Waals surface area contributed by atoms with E-state index in [0.717, 1.165) is 23.5 Å². The summed E-state index contributed by atoms with van der Waals surface area (Å²) >= 11 is 1.77. The van der Waals surface area contributed by atoms with Gasteiger partial charge in [-0.2, -0.15) is 0 Å². The number of hydrogen-bond donors (Lipinski definition) is 1. The second-order valence-electron chi connectivity index (χ2n) is 3.70. The summed E-state index contributed by atoms with van der Waals surface area (Å²) in [6.07, 6.45) is 7.09. The van der Waals surface area contributed by atoms with E-state index < -0.39 is 0 Å². The average molecular weight is 257 g/mol. The van der Waals surface area contributed by atoms with Crippen molar-refractivity contribution >= 4 is 17.4 Å². The molecule has 1 heterocycles. The molecule has 0 saturated carbocycles. The maximum Gasteiger partial charge on any atom is 0.115 e. The van der Waals surface area contributed by atoms with Gasteiger partial charge in [0.2, 0.25) is 0 Å². The highest BCUT2D eigenvalue weighted by Crippen LogP contribution is 2.27. The van der Waals surface area contributed by atoms with E-state index in [0.29, 0.717) is 0 Å². The molecule has 1 N–H and O–H groups in total. The molecule has 92 valence electrons. The van der Waals surface area contributed by atoms with Crippen LogP contribution in [0.15, 0.2) is 60.5 Å². The first kappa shape index (κ1) is 12.6. The molecule has 0 fully saturated rings. The molecule has 0 saturated heterocycles. The van der Waals surface area contributed by atoms with Crippen molar-refractivity contribution in [3.05, 3.63) is 61.2 Å². The second-order valence-corrected chi connectivity index (χ2v) is 4.76. The van der Waals surface area contributed by atoms with E-state index in [-0.39, 0.29) is 0 Å². The van der Waals surface area contributed by atoms with Gasteiger partial charge in [0.15, 0.2) is 0 Å². The zero-order valence-corrected chi connectivity index (χ0v) is 10.9. The number of aromatic nitrogens is 2. The van der Waals surface area contributed by atoms with E-state index >= 15 is 0 Å². The number of rotatable bonds is 6. The molecule has 0 radical (unpaired) electrons. The number of para-hydroxylation sites is 1. The molecular weight excluding hydrogens is 242 g/mol. The molecule has 0 atom stereocenters. The highest BCUT2D eigenvalue weighted by Gasteiger charge is 2.01. The summed E-state index contributed by atoms with van der Waals surface area (Å²) < 4.78 is 0. The van der Waals surface area contributed by atoms with Crippen LogP contribution >= 0.6 is 11.8 Å². The Kier molecular flexibility index (Phi) is 4.78. The Bertz CT molecular complexity index is 499. The highest BCUT2D eigenvalue weighted by atomic mass is 32.2. The molecule has 1 aromatic heterocycles. The van der Waals surface area contributed by atoms with Gasteiger partial charge in [0, 0.05) is 40.8 Å². The number of thioether (sulfide) groups is 1. The Morgan fingerprint density at radius 2 is 2.00 bits per heavy atom. The van der Waals surface area contributed by atoms with Crippen molar-refractivity contribution in [2.24, 2.45) is 0 Å². The Morgan fingerprint density at radius 3 is 2.78 bits per heavy atom. The molecule has 0 spiro atoms. The summed E-state index contributed by atoms with van der Waals surface area (Å²) in [5, 5.41) is 3.40. The second kappa shape index (κ2) is 6.81. The standard InChI is InChI=1S/C14H15N3S/c1-2-7-18-14-6-4-3-5-13(14)17-10-12-8-15-11-16-9-12/h2-6,8-9,11,17H,1,7,10H2. The summed E-state index contributed by atoms with van der Waals surface area (Å²) in [5.41, 5.74) is 2.20. The van der Waals surface area contributed by atoms with Crippen molar-refractivity contribution < 1.29 is 0 Å². The van der Waals surface area contributed by atoms with E-state index in [1.807, 2.05) is 30.6 Å². The fourth-order valence-corrected chi connectivity index (χ4v) is 2.27. The van der Waals surface area contributed by atoms with Crippen LogP contribution in [0, 0.1) is 0 Å². The van der Waals surface area contributed by atoms with E-state index in [2.05, 4.69) is 34.0 Å². The van der Waals surface area contributed by atoms with Crippen molar-refractivity contribution in [1.29, 1.82) is 0 Å². The van der Waals surface area contributed by atoms with Crippen molar-refractivity contribution in [3.63, 3.8) is 0 Å².